The fraction of sp³-hybridized carbons (Fsp3) is 0.273. The Morgan fingerprint density at radius 3 is 2.67 bits per heavy atom. The van der Waals surface area contributed by atoms with Gasteiger partial charge in [-0.05, 0) is 53.8 Å². The maximum Gasteiger partial charge on any atom is 0.257 e. The van der Waals surface area contributed by atoms with Gasteiger partial charge in [0.1, 0.15) is 11.3 Å². The smallest absolute Gasteiger partial charge is 0.257 e. The van der Waals surface area contributed by atoms with Crippen molar-refractivity contribution >= 4 is 17.4 Å². The first-order valence-electron chi connectivity index (χ1n) is 9.07. The van der Waals surface area contributed by atoms with E-state index in [1.54, 1.807) is 12.0 Å². The number of hydrogen-bond acceptors (Lipinski definition) is 4. The number of allylic oxidation sites excluding steroid dienone is 2. The topological polar surface area (TPSA) is 67.9 Å². The molecule has 1 atom stereocenters. The Hall–Kier alpha value is -3.08. The van der Waals surface area contributed by atoms with Gasteiger partial charge in [0.15, 0.2) is 5.96 Å². The predicted octanol–water partition coefficient (Wildman–Crippen LogP) is 3.14. The Balaban J connectivity index is 1.53. The molecule has 0 saturated heterocycles. The largest absolute Gasteiger partial charge is 0.497 e. The van der Waals surface area contributed by atoms with Crippen LogP contribution in [0, 0.1) is 0 Å². The summed E-state index contributed by atoms with van der Waals surface area (Å²) in [5.41, 5.74) is 9.85. The van der Waals surface area contributed by atoms with Gasteiger partial charge in [-0.3, -0.25) is 9.69 Å². The van der Waals surface area contributed by atoms with Gasteiger partial charge in [-0.25, -0.2) is 4.99 Å². The average Bonchev–Trinajstić information content (AvgIpc) is 3.48. The molecule has 0 aromatic heterocycles. The highest BCUT2D eigenvalue weighted by Crippen LogP contribution is 2.32. The van der Waals surface area contributed by atoms with Crippen LogP contribution in [0.2, 0.25) is 0 Å². The van der Waals surface area contributed by atoms with Gasteiger partial charge in [-0.2, -0.15) is 0 Å². The first kappa shape index (κ1) is 17.3. The standard InChI is InChI=1S/C22H23N3O2/c1-22(13-15-5-4-8-19(12-15)27-2)20(26)25(21(23)24-22)14-16-6-3-7-18(11-16)17-9-10-17/h3-9,11-12H,10,13-14H2,1-2H3,(H2,23,24). The quantitative estimate of drug-likeness (QED) is 0.859. The molecule has 138 valence electrons. The zero-order valence-electron chi connectivity index (χ0n) is 15.6. The molecule has 5 heteroatoms. The highest BCUT2D eigenvalue weighted by atomic mass is 16.5. The number of amides is 1. The average molecular weight is 361 g/mol. The summed E-state index contributed by atoms with van der Waals surface area (Å²) in [7, 11) is 1.63. The predicted molar refractivity (Wildman–Crippen MR) is 106 cm³/mol. The highest BCUT2D eigenvalue weighted by Gasteiger charge is 2.43. The van der Waals surface area contributed by atoms with E-state index in [1.807, 2.05) is 43.3 Å². The van der Waals surface area contributed by atoms with Crippen molar-refractivity contribution in [3.8, 4) is 5.75 Å². The molecule has 2 aliphatic rings. The van der Waals surface area contributed by atoms with Crippen molar-refractivity contribution in [3.63, 3.8) is 0 Å². The first-order valence-corrected chi connectivity index (χ1v) is 9.07. The van der Waals surface area contributed by atoms with E-state index in [-0.39, 0.29) is 11.9 Å². The summed E-state index contributed by atoms with van der Waals surface area (Å²) in [6.45, 7) is 2.27. The molecular weight excluding hydrogens is 338 g/mol. The van der Waals surface area contributed by atoms with Crippen LogP contribution < -0.4 is 10.5 Å². The second kappa shape index (κ2) is 6.58. The fourth-order valence-corrected chi connectivity index (χ4v) is 3.54. The number of carbonyl (C=O) groups excluding carboxylic acids is 1. The van der Waals surface area contributed by atoms with Crippen LogP contribution >= 0.6 is 0 Å². The van der Waals surface area contributed by atoms with E-state index in [1.165, 1.54) is 11.1 Å². The number of aliphatic imine (C=N–C) groups is 1. The second-order valence-corrected chi connectivity index (χ2v) is 7.30. The van der Waals surface area contributed by atoms with Crippen molar-refractivity contribution in [1.82, 2.24) is 4.90 Å². The molecule has 0 radical (unpaired) electrons. The maximum atomic E-state index is 13.1. The lowest BCUT2D eigenvalue weighted by Gasteiger charge is -2.22. The summed E-state index contributed by atoms with van der Waals surface area (Å²) in [6.07, 6.45) is 3.72. The molecule has 1 unspecified atom stereocenters. The van der Waals surface area contributed by atoms with Crippen LogP contribution in [0.1, 0.15) is 30.0 Å². The fourth-order valence-electron chi connectivity index (χ4n) is 3.54. The van der Waals surface area contributed by atoms with Crippen LogP contribution in [0.3, 0.4) is 0 Å². The number of ether oxygens (including phenoxy) is 1. The molecule has 27 heavy (non-hydrogen) atoms. The number of guanidine groups is 1. The van der Waals surface area contributed by atoms with Gasteiger partial charge in [0.05, 0.1) is 13.7 Å². The Bertz CT molecular complexity index is 964. The van der Waals surface area contributed by atoms with Gasteiger partial charge in [-0.15, -0.1) is 0 Å². The van der Waals surface area contributed by atoms with Crippen molar-refractivity contribution in [3.05, 3.63) is 71.3 Å². The van der Waals surface area contributed by atoms with Gasteiger partial charge in [-0.1, -0.05) is 36.4 Å². The molecule has 1 aliphatic carbocycles. The van der Waals surface area contributed by atoms with Crippen LogP contribution in [0.15, 0.2) is 59.6 Å². The van der Waals surface area contributed by atoms with E-state index in [0.29, 0.717) is 13.0 Å². The van der Waals surface area contributed by atoms with E-state index in [9.17, 15) is 4.79 Å². The molecule has 0 saturated carbocycles. The normalized spacial score (nSPS) is 21.1. The minimum absolute atomic E-state index is 0.0705. The minimum atomic E-state index is -0.896. The number of nitrogens with two attached hydrogens (primary N) is 1. The molecule has 4 rings (SSSR count). The number of methoxy groups -OCH3 is 1. The number of nitrogens with zero attached hydrogens (tertiary/aromatic N) is 2. The van der Waals surface area contributed by atoms with Gasteiger partial charge in [0.2, 0.25) is 0 Å². The van der Waals surface area contributed by atoms with Crippen molar-refractivity contribution in [2.45, 2.75) is 31.8 Å². The third-order valence-corrected chi connectivity index (χ3v) is 5.07. The molecule has 0 spiro atoms. The Morgan fingerprint density at radius 2 is 1.93 bits per heavy atom. The van der Waals surface area contributed by atoms with Crippen LogP contribution in [-0.4, -0.2) is 29.4 Å². The lowest BCUT2D eigenvalue weighted by molar-refractivity contribution is -0.131. The molecule has 0 fully saturated rings. The highest BCUT2D eigenvalue weighted by molar-refractivity contribution is 6.06. The van der Waals surface area contributed by atoms with Crippen LogP contribution in [0.25, 0.3) is 5.57 Å². The molecule has 5 nitrogen and oxygen atoms in total. The second-order valence-electron chi connectivity index (χ2n) is 7.30. The number of hydrogen-bond donors (Lipinski definition) is 1. The lowest BCUT2D eigenvalue weighted by atomic mass is 9.92. The van der Waals surface area contributed by atoms with E-state index >= 15 is 0 Å². The molecule has 1 aliphatic heterocycles. The Labute approximate surface area is 159 Å². The number of carbonyl (C=O) groups is 1. The molecule has 0 bridgehead atoms. The molecule has 1 amide bonds. The number of benzene rings is 2. The third kappa shape index (κ3) is 3.45. The van der Waals surface area contributed by atoms with Crippen LogP contribution in [-0.2, 0) is 17.8 Å². The van der Waals surface area contributed by atoms with E-state index in [2.05, 4.69) is 23.2 Å². The summed E-state index contributed by atoms with van der Waals surface area (Å²) in [4.78, 5) is 19.2. The van der Waals surface area contributed by atoms with E-state index < -0.39 is 5.54 Å². The van der Waals surface area contributed by atoms with Crippen molar-refractivity contribution in [2.75, 3.05) is 7.11 Å². The minimum Gasteiger partial charge on any atom is -0.497 e. The summed E-state index contributed by atoms with van der Waals surface area (Å²) >= 11 is 0. The van der Waals surface area contributed by atoms with Gasteiger partial charge >= 0.3 is 0 Å². The monoisotopic (exact) mass is 361 g/mol. The Morgan fingerprint density at radius 1 is 1.19 bits per heavy atom. The zero-order chi connectivity index (χ0) is 19.0. The van der Waals surface area contributed by atoms with Crippen LogP contribution in [0.5, 0.6) is 5.75 Å². The first-order chi connectivity index (χ1) is 13.0. The van der Waals surface area contributed by atoms with Gasteiger partial charge < -0.3 is 10.5 Å². The summed E-state index contributed by atoms with van der Waals surface area (Å²) in [5.74, 6) is 0.974. The lowest BCUT2D eigenvalue weighted by Crippen LogP contribution is -2.43. The summed E-state index contributed by atoms with van der Waals surface area (Å²) < 4.78 is 5.28. The van der Waals surface area contributed by atoms with Crippen LogP contribution in [0.4, 0.5) is 0 Å². The van der Waals surface area contributed by atoms with Gasteiger partial charge in [0, 0.05) is 6.42 Å². The van der Waals surface area contributed by atoms with Crippen molar-refractivity contribution in [1.29, 1.82) is 0 Å². The molecule has 2 N–H and O–H groups in total. The zero-order valence-corrected chi connectivity index (χ0v) is 15.6. The number of rotatable bonds is 6. The van der Waals surface area contributed by atoms with Gasteiger partial charge in [0.25, 0.3) is 5.91 Å². The van der Waals surface area contributed by atoms with Crippen molar-refractivity contribution in [2.24, 2.45) is 10.7 Å². The Kier molecular flexibility index (Phi) is 4.22. The maximum absolute atomic E-state index is 13.1. The van der Waals surface area contributed by atoms with Crippen molar-refractivity contribution < 1.29 is 9.53 Å². The third-order valence-electron chi connectivity index (χ3n) is 5.07. The van der Waals surface area contributed by atoms with E-state index in [0.717, 1.165) is 23.3 Å². The molecule has 2 aromatic carbocycles. The molecule has 2 aromatic rings. The van der Waals surface area contributed by atoms with E-state index in [4.69, 9.17) is 10.5 Å². The summed E-state index contributed by atoms with van der Waals surface area (Å²) in [5, 5.41) is 0. The molecular formula is C22H23N3O2. The summed E-state index contributed by atoms with van der Waals surface area (Å²) in [6, 6.07) is 16.0. The SMILES string of the molecule is COc1cccc(CC2(C)N=C(N)N(Cc3cccc(C4=CC4)c3)C2=O)c1. The molecule has 1 heterocycles.